The minimum Gasteiger partial charge on any atom is -0.360 e. The van der Waals surface area contributed by atoms with E-state index in [1.807, 2.05) is 23.1 Å². The molecule has 1 saturated carbocycles. The Morgan fingerprint density at radius 2 is 2.19 bits per heavy atom. The van der Waals surface area contributed by atoms with E-state index in [9.17, 15) is 9.59 Å². The fourth-order valence-corrected chi connectivity index (χ4v) is 3.72. The van der Waals surface area contributed by atoms with Crippen molar-refractivity contribution < 1.29 is 4.79 Å². The van der Waals surface area contributed by atoms with Crippen LogP contribution in [0, 0.1) is 5.92 Å². The fourth-order valence-electron chi connectivity index (χ4n) is 3.72. The molecule has 1 saturated heterocycles. The lowest BCUT2D eigenvalue weighted by molar-refractivity contribution is -0.130. The Hall–Kier alpha value is -3.00. The predicted octanol–water partition coefficient (Wildman–Crippen LogP) is 1.81. The van der Waals surface area contributed by atoms with E-state index >= 15 is 0 Å². The van der Waals surface area contributed by atoms with Gasteiger partial charge in [0.1, 0.15) is 12.0 Å². The van der Waals surface area contributed by atoms with Crippen LogP contribution in [0.3, 0.4) is 0 Å². The van der Waals surface area contributed by atoms with E-state index in [-0.39, 0.29) is 17.5 Å². The van der Waals surface area contributed by atoms with Crippen LogP contribution in [0.25, 0.3) is 11.3 Å². The number of aromatic amines is 1. The molecule has 31 heavy (non-hydrogen) atoms. The Morgan fingerprint density at radius 3 is 2.87 bits per heavy atom. The van der Waals surface area contributed by atoms with E-state index in [1.54, 1.807) is 18.5 Å². The third-order valence-electron chi connectivity index (χ3n) is 5.74. The number of amides is 1. The molecule has 2 aliphatic rings. The lowest BCUT2D eigenvalue weighted by Gasteiger charge is -2.46. The predicted molar refractivity (Wildman–Crippen MR) is 121 cm³/mol. The smallest absolute Gasteiger partial charge is 0.271 e. The second-order valence-corrected chi connectivity index (χ2v) is 8.66. The number of anilines is 1. The Labute approximate surface area is 182 Å². The van der Waals surface area contributed by atoms with Gasteiger partial charge < -0.3 is 20.1 Å². The van der Waals surface area contributed by atoms with Gasteiger partial charge in [-0.2, -0.15) is 0 Å². The van der Waals surface area contributed by atoms with E-state index in [1.165, 1.54) is 19.2 Å². The molecule has 1 aliphatic heterocycles. The first-order chi connectivity index (χ1) is 15.0. The van der Waals surface area contributed by atoms with Crippen LogP contribution in [0.5, 0.6) is 0 Å². The summed E-state index contributed by atoms with van der Waals surface area (Å²) < 4.78 is 0. The highest BCUT2D eigenvalue weighted by Crippen LogP contribution is 2.33. The van der Waals surface area contributed by atoms with Gasteiger partial charge in [0.15, 0.2) is 0 Å². The number of H-pyrrole nitrogens is 1. The summed E-state index contributed by atoms with van der Waals surface area (Å²) in [5, 5.41) is 3.26. The molecule has 1 amide bonds. The maximum absolute atomic E-state index is 12.7. The summed E-state index contributed by atoms with van der Waals surface area (Å²) in [7, 11) is 0. The first-order valence-corrected chi connectivity index (χ1v) is 11.0. The quantitative estimate of drug-likeness (QED) is 0.599. The third-order valence-corrected chi connectivity index (χ3v) is 5.74. The topological polar surface area (TPSA) is 94.2 Å². The molecule has 3 heterocycles. The number of aromatic nitrogens is 3. The van der Waals surface area contributed by atoms with Gasteiger partial charge in [-0.1, -0.05) is 19.9 Å². The Bertz CT molecular complexity index is 977. The molecule has 8 heteroatoms. The van der Waals surface area contributed by atoms with Crippen LogP contribution in [-0.2, 0) is 4.79 Å². The Balaban J connectivity index is 1.46. The molecular formula is C23H30N6O2. The van der Waals surface area contributed by atoms with Crippen molar-refractivity contribution in [3.8, 4) is 11.3 Å². The minimum atomic E-state index is -0.108. The van der Waals surface area contributed by atoms with E-state index in [4.69, 9.17) is 0 Å². The molecule has 4 rings (SSSR count). The van der Waals surface area contributed by atoms with Crippen LogP contribution in [0.4, 0.5) is 5.69 Å². The lowest BCUT2D eigenvalue weighted by Crippen LogP contribution is -2.62. The molecule has 0 unspecified atom stereocenters. The van der Waals surface area contributed by atoms with Gasteiger partial charge in [-0.15, -0.1) is 0 Å². The molecule has 0 spiro atoms. The van der Waals surface area contributed by atoms with Crippen molar-refractivity contribution in [1.29, 1.82) is 0 Å². The van der Waals surface area contributed by atoms with Crippen LogP contribution in [0.15, 0.2) is 47.8 Å². The number of carbonyl (C=O) groups is 1. The maximum atomic E-state index is 12.7. The summed E-state index contributed by atoms with van der Waals surface area (Å²) in [6, 6.07) is 4.27. The van der Waals surface area contributed by atoms with E-state index < -0.39 is 0 Å². The number of nitrogens with zero attached hydrogens (tertiary/aromatic N) is 4. The molecule has 164 valence electrons. The van der Waals surface area contributed by atoms with Crippen molar-refractivity contribution in [3.05, 3.63) is 53.4 Å². The normalized spacial score (nSPS) is 16.7. The summed E-state index contributed by atoms with van der Waals surface area (Å²) >= 11 is 0. The van der Waals surface area contributed by atoms with Gasteiger partial charge in [0.2, 0.25) is 5.91 Å². The van der Waals surface area contributed by atoms with Crippen LogP contribution < -0.4 is 15.8 Å². The van der Waals surface area contributed by atoms with Crippen LogP contribution in [0.1, 0.15) is 26.7 Å². The first-order valence-electron chi connectivity index (χ1n) is 11.0. The van der Waals surface area contributed by atoms with Crippen molar-refractivity contribution >= 4 is 11.6 Å². The third kappa shape index (κ3) is 5.38. The number of nitrogens with one attached hydrogen (secondary N) is 2. The van der Waals surface area contributed by atoms with Gasteiger partial charge >= 0.3 is 0 Å². The van der Waals surface area contributed by atoms with Gasteiger partial charge in [-0.25, -0.2) is 9.97 Å². The van der Waals surface area contributed by atoms with Crippen LogP contribution in [0.2, 0.25) is 0 Å². The average molecular weight is 423 g/mol. The highest BCUT2D eigenvalue weighted by molar-refractivity contribution is 5.88. The van der Waals surface area contributed by atoms with Crippen molar-refractivity contribution in [2.24, 2.45) is 5.92 Å². The zero-order valence-electron chi connectivity index (χ0n) is 18.1. The maximum Gasteiger partial charge on any atom is 0.271 e. The number of hydrogen-bond donors (Lipinski definition) is 2. The Morgan fingerprint density at radius 1 is 1.39 bits per heavy atom. The van der Waals surface area contributed by atoms with Gasteiger partial charge in [0, 0.05) is 56.3 Å². The number of rotatable bonds is 9. The molecule has 0 atom stereocenters. The second kappa shape index (κ2) is 9.43. The molecule has 2 fully saturated rings. The largest absolute Gasteiger partial charge is 0.360 e. The van der Waals surface area contributed by atoms with Crippen molar-refractivity contribution in [1.82, 2.24) is 25.2 Å². The minimum absolute atomic E-state index is 0.0248. The van der Waals surface area contributed by atoms with Gasteiger partial charge in [-0.3, -0.25) is 9.59 Å². The average Bonchev–Trinajstić information content (AvgIpc) is 3.54. The van der Waals surface area contributed by atoms with Crippen LogP contribution >= 0.6 is 0 Å². The number of pyridine rings is 1. The van der Waals surface area contributed by atoms with Gasteiger partial charge in [0.05, 0.1) is 11.7 Å². The molecule has 8 nitrogen and oxygen atoms in total. The van der Waals surface area contributed by atoms with Gasteiger partial charge in [0.25, 0.3) is 5.56 Å². The summed E-state index contributed by atoms with van der Waals surface area (Å²) in [5.74, 6) is 0.644. The number of likely N-dealkylation sites (tertiary alicyclic amines) is 1. The zero-order chi connectivity index (χ0) is 21.8. The van der Waals surface area contributed by atoms with Gasteiger partial charge in [-0.05, 0) is 30.9 Å². The van der Waals surface area contributed by atoms with E-state index in [0.29, 0.717) is 37.3 Å². The SMILES string of the molecule is CC(C)NCC=CC(=O)N1CC(N(CC2CC2)c2cc(-c3ccncn3)c[nH]c2=O)C1. The summed E-state index contributed by atoms with van der Waals surface area (Å²) in [5.41, 5.74) is 2.16. The van der Waals surface area contributed by atoms with Crippen molar-refractivity contribution in [2.75, 3.05) is 31.1 Å². The molecule has 0 bridgehead atoms. The van der Waals surface area contributed by atoms with E-state index in [2.05, 4.69) is 39.0 Å². The molecule has 2 aromatic rings. The summed E-state index contributed by atoms with van der Waals surface area (Å²) in [4.78, 5) is 40.3. The van der Waals surface area contributed by atoms with Crippen molar-refractivity contribution in [2.45, 2.75) is 38.8 Å². The molecule has 2 N–H and O–H groups in total. The molecule has 2 aromatic heterocycles. The standard InChI is InChI=1S/C23H30N6O2/c1-16(2)25-8-3-4-22(30)28-13-19(14-28)29(12-17-5-6-17)21-10-18(11-26-23(21)31)20-7-9-24-15-27-20/h3-4,7,9-11,15-17,19,25H,5-6,8,12-14H2,1-2H3,(H,26,31). The number of hydrogen-bond acceptors (Lipinski definition) is 6. The molecule has 0 aromatic carbocycles. The monoisotopic (exact) mass is 422 g/mol. The zero-order valence-corrected chi connectivity index (χ0v) is 18.1. The number of carbonyl (C=O) groups excluding carboxylic acids is 1. The van der Waals surface area contributed by atoms with Crippen LogP contribution in [-0.4, -0.2) is 64.0 Å². The van der Waals surface area contributed by atoms with Crippen molar-refractivity contribution in [3.63, 3.8) is 0 Å². The highest BCUT2D eigenvalue weighted by atomic mass is 16.2. The Kier molecular flexibility index (Phi) is 6.46. The highest BCUT2D eigenvalue weighted by Gasteiger charge is 2.37. The molecular weight excluding hydrogens is 392 g/mol. The lowest BCUT2D eigenvalue weighted by atomic mass is 10.0. The first kappa shape index (κ1) is 21.2. The van der Waals surface area contributed by atoms with E-state index in [0.717, 1.165) is 17.8 Å². The fraction of sp³-hybridized carbons (Fsp3) is 0.478. The molecule has 0 radical (unpaired) electrons. The second-order valence-electron chi connectivity index (χ2n) is 8.66. The summed E-state index contributed by atoms with van der Waals surface area (Å²) in [6.07, 6.45) is 10.8. The molecule has 1 aliphatic carbocycles. The summed E-state index contributed by atoms with van der Waals surface area (Å²) in [6.45, 7) is 6.93.